The number of hydrogen-bond donors (Lipinski definition) is 1. The van der Waals surface area contributed by atoms with Crippen LogP contribution in [0.4, 0.5) is 0 Å². The minimum absolute atomic E-state index is 0.341. The van der Waals surface area contributed by atoms with E-state index in [0.717, 1.165) is 0 Å². The van der Waals surface area contributed by atoms with Gasteiger partial charge in [-0.25, -0.2) is 14.7 Å². The van der Waals surface area contributed by atoms with Crippen molar-refractivity contribution in [1.82, 2.24) is 5.32 Å². The van der Waals surface area contributed by atoms with Crippen molar-refractivity contribution in [1.29, 1.82) is 0 Å². The van der Waals surface area contributed by atoms with Gasteiger partial charge in [0.1, 0.15) is 6.23 Å². The van der Waals surface area contributed by atoms with Crippen LogP contribution in [0.15, 0.2) is 0 Å². The summed E-state index contributed by atoms with van der Waals surface area (Å²) in [6.07, 6.45) is 0.325. The second-order valence-corrected chi connectivity index (χ2v) is 4.29. The van der Waals surface area contributed by atoms with Crippen LogP contribution >= 0.6 is 0 Å². The van der Waals surface area contributed by atoms with Crippen LogP contribution in [0, 0.1) is 0 Å². The van der Waals surface area contributed by atoms with Gasteiger partial charge in [-0.3, -0.25) is 5.32 Å². The quantitative estimate of drug-likeness (QED) is 0.256. The van der Waals surface area contributed by atoms with Gasteiger partial charge >= 0.3 is 9.05 Å². The Kier molecular flexibility index (Phi) is 8.92. The molecule has 8 nitrogen and oxygen atoms in total. The predicted octanol–water partition coefficient (Wildman–Crippen LogP) is 0.128. The molecular weight excluding hydrogens is 238 g/mol. The van der Waals surface area contributed by atoms with Gasteiger partial charge in [0.15, 0.2) is 0 Å². The Morgan fingerprint density at radius 3 is 1.69 bits per heavy atom. The summed E-state index contributed by atoms with van der Waals surface area (Å²) in [4.78, 5) is 13.5. The van der Waals surface area contributed by atoms with Gasteiger partial charge in [-0.2, -0.15) is 13.7 Å². The molecule has 16 heavy (non-hydrogen) atoms. The number of nitrogens with one attached hydrogen (secondary N) is 1. The van der Waals surface area contributed by atoms with Gasteiger partial charge in [-0.15, -0.1) is 0 Å². The first-order chi connectivity index (χ1) is 7.67. The fourth-order valence-electron chi connectivity index (χ4n) is 0.927. The molecule has 0 saturated heterocycles. The van der Waals surface area contributed by atoms with E-state index in [1.165, 1.54) is 21.3 Å². The lowest BCUT2D eigenvalue weighted by Gasteiger charge is -2.26. The second-order valence-electron chi connectivity index (χ2n) is 2.55. The van der Waals surface area contributed by atoms with Crippen molar-refractivity contribution < 1.29 is 32.8 Å². The summed E-state index contributed by atoms with van der Waals surface area (Å²) in [6.45, 7) is 1.91. The average molecular weight is 257 g/mol. The van der Waals surface area contributed by atoms with Crippen LogP contribution in [0.5, 0.6) is 0 Å². The van der Waals surface area contributed by atoms with Crippen molar-refractivity contribution in [2.45, 2.75) is 19.6 Å². The molecule has 0 amide bonds. The number of hydrogen-bond acceptors (Lipinski definition) is 8. The second kappa shape index (κ2) is 8.98. The molecule has 0 fully saturated rings. The fourth-order valence-corrected chi connectivity index (χ4v) is 2.37. The van der Waals surface area contributed by atoms with Crippen molar-refractivity contribution in [2.75, 3.05) is 28.4 Å². The SMILES string of the molecule is CCC(NC)O[Si](OOC)(OOC)OOC. The zero-order chi connectivity index (χ0) is 12.4. The maximum atomic E-state index is 5.44. The van der Waals surface area contributed by atoms with Crippen LogP contribution in [0.1, 0.15) is 13.3 Å². The van der Waals surface area contributed by atoms with E-state index in [-0.39, 0.29) is 6.23 Å². The van der Waals surface area contributed by atoms with Gasteiger partial charge < -0.3 is 4.43 Å². The van der Waals surface area contributed by atoms with Crippen LogP contribution in [-0.4, -0.2) is 43.7 Å². The van der Waals surface area contributed by atoms with E-state index in [9.17, 15) is 0 Å². The molecule has 0 radical (unpaired) electrons. The Balaban J connectivity index is 4.56. The monoisotopic (exact) mass is 257 g/mol. The van der Waals surface area contributed by atoms with Crippen LogP contribution in [-0.2, 0) is 32.8 Å². The summed E-state index contributed by atoms with van der Waals surface area (Å²) in [5.41, 5.74) is 0. The van der Waals surface area contributed by atoms with Gasteiger partial charge in [0.05, 0.1) is 21.3 Å². The highest BCUT2D eigenvalue weighted by molar-refractivity contribution is 6.52. The van der Waals surface area contributed by atoms with Gasteiger partial charge in [0.2, 0.25) is 0 Å². The van der Waals surface area contributed by atoms with Crippen LogP contribution in [0.2, 0.25) is 0 Å². The molecule has 1 N–H and O–H groups in total. The summed E-state index contributed by atoms with van der Waals surface area (Å²) in [5.74, 6) is 0. The molecule has 0 aromatic heterocycles. The molecule has 0 rings (SSSR count). The minimum atomic E-state index is -3.63. The minimum Gasteiger partial charge on any atom is -0.331 e. The molecule has 0 saturated carbocycles. The third kappa shape index (κ3) is 5.29. The van der Waals surface area contributed by atoms with Crippen molar-refractivity contribution in [3.05, 3.63) is 0 Å². The van der Waals surface area contributed by atoms with Crippen LogP contribution in [0.25, 0.3) is 0 Å². The maximum absolute atomic E-state index is 5.44. The summed E-state index contributed by atoms with van der Waals surface area (Å²) in [7, 11) is 1.98. The summed E-state index contributed by atoms with van der Waals surface area (Å²) < 4.78 is 19.9. The third-order valence-corrected chi connectivity index (χ3v) is 3.22. The first kappa shape index (κ1) is 15.9. The van der Waals surface area contributed by atoms with Crippen LogP contribution in [0.3, 0.4) is 0 Å². The summed E-state index contributed by atoms with van der Waals surface area (Å²) >= 11 is 0. The average Bonchev–Trinajstić information content (AvgIpc) is 2.27. The van der Waals surface area contributed by atoms with E-state index in [1.54, 1.807) is 7.05 Å². The van der Waals surface area contributed by atoms with Crippen molar-refractivity contribution >= 4 is 9.05 Å². The molecule has 9 heteroatoms. The Labute approximate surface area is 95.9 Å². The molecule has 0 heterocycles. The predicted molar refractivity (Wildman–Crippen MR) is 54.3 cm³/mol. The summed E-state index contributed by atoms with van der Waals surface area (Å²) in [5, 5.41) is 2.89. The molecule has 0 aliphatic rings. The van der Waals surface area contributed by atoms with Gasteiger partial charge in [0.25, 0.3) is 0 Å². The first-order valence-electron chi connectivity index (χ1n) is 4.68. The van der Waals surface area contributed by atoms with Crippen molar-refractivity contribution in [2.24, 2.45) is 0 Å². The van der Waals surface area contributed by atoms with E-state index < -0.39 is 9.05 Å². The normalized spacial score (nSPS) is 14.1. The van der Waals surface area contributed by atoms with E-state index in [2.05, 4.69) is 20.0 Å². The van der Waals surface area contributed by atoms with Gasteiger partial charge in [0, 0.05) is 0 Å². The van der Waals surface area contributed by atoms with E-state index >= 15 is 0 Å². The molecule has 0 bridgehead atoms. The lowest BCUT2D eigenvalue weighted by Crippen LogP contribution is -2.53. The van der Waals surface area contributed by atoms with E-state index in [4.69, 9.17) is 18.2 Å². The lowest BCUT2D eigenvalue weighted by atomic mass is 10.4. The zero-order valence-corrected chi connectivity index (χ0v) is 11.1. The summed E-state index contributed by atoms with van der Waals surface area (Å²) in [6, 6.07) is 0. The van der Waals surface area contributed by atoms with E-state index in [0.29, 0.717) is 6.42 Å². The topological polar surface area (TPSA) is 76.6 Å². The third-order valence-electron chi connectivity index (χ3n) is 1.54. The molecular formula is C7H19NO7Si. The van der Waals surface area contributed by atoms with Crippen molar-refractivity contribution in [3.8, 4) is 0 Å². The van der Waals surface area contributed by atoms with E-state index in [1.807, 2.05) is 6.92 Å². The van der Waals surface area contributed by atoms with Gasteiger partial charge in [-0.05, 0) is 13.5 Å². The highest BCUT2D eigenvalue weighted by Crippen LogP contribution is 2.15. The standard InChI is InChI=1S/C7H19NO7Si/c1-6-7(8-2)12-16(13-9-3,14-10-4)15-11-5/h7-8H,6H2,1-5H3. The molecule has 0 aliphatic carbocycles. The van der Waals surface area contributed by atoms with Crippen molar-refractivity contribution in [3.63, 3.8) is 0 Å². The zero-order valence-electron chi connectivity index (χ0n) is 10.1. The molecule has 0 aromatic carbocycles. The fraction of sp³-hybridized carbons (Fsp3) is 1.00. The number of rotatable bonds is 10. The largest absolute Gasteiger partial charge is 0.765 e. The highest BCUT2D eigenvalue weighted by atomic mass is 28.4. The molecule has 98 valence electrons. The Morgan fingerprint density at radius 1 is 1.00 bits per heavy atom. The Bertz CT molecular complexity index is 152. The Hall–Kier alpha value is -0.103. The molecule has 0 aromatic rings. The molecule has 0 spiro atoms. The lowest BCUT2D eigenvalue weighted by molar-refractivity contribution is -0.374. The maximum Gasteiger partial charge on any atom is 0.765 e. The molecule has 1 unspecified atom stereocenters. The van der Waals surface area contributed by atoms with Gasteiger partial charge in [-0.1, -0.05) is 6.92 Å². The molecule has 1 atom stereocenters. The molecule has 0 aliphatic heterocycles. The van der Waals surface area contributed by atoms with Crippen LogP contribution < -0.4 is 5.32 Å². The Morgan fingerprint density at radius 2 is 1.44 bits per heavy atom. The first-order valence-corrected chi connectivity index (χ1v) is 6.31. The highest BCUT2D eigenvalue weighted by Gasteiger charge is 2.53. The smallest absolute Gasteiger partial charge is 0.331 e.